The highest BCUT2D eigenvalue weighted by Crippen LogP contribution is 2.37. The average Bonchev–Trinajstić information content (AvgIpc) is 3.40. The van der Waals surface area contributed by atoms with Crippen LogP contribution in [0.2, 0.25) is 0 Å². The maximum Gasteiger partial charge on any atom is 0.321 e. The zero-order valence-electron chi connectivity index (χ0n) is 24.2. The lowest BCUT2D eigenvalue weighted by molar-refractivity contribution is 0.0493. The number of rotatable bonds is 8. The number of piperidine rings is 1. The van der Waals surface area contributed by atoms with Crippen LogP contribution in [0.3, 0.4) is 0 Å². The van der Waals surface area contributed by atoms with Gasteiger partial charge in [0.15, 0.2) is 0 Å². The van der Waals surface area contributed by atoms with Crippen LogP contribution in [-0.4, -0.2) is 83.6 Å². The van der Waals surface area contributed by atoms with Gasteiger partial charge in [-0.2, -0.15) is 0 Å². The van der Waals surface area contributed by atoms with Gasteiger partial charge < -0.3 is 24.6 Å². The monoisotopic (exact) mass is 569 g/mol. The fraction of sp³-hybridized carbons (Fsp3) is 0.424. The van der Waals surface area contributed by atoms with Crippen molar-refractivity contribution in [3.63, 3.8) is 0 Å². The van der Waals surface area contributed by atoms with E-state index in [2.05, 4.69) is 55.3 Å². The number of urea groups is 1. The number of aromatic nitrogens is 1. The van der Waals surface area contributed by atoms with Gasteiger partial charge in [-0.05, 0) is 61.1 Å². The van der Waals surface area contributed by atoms with E-state index in [1.54, 1.807) is 31.3 Å². The lowest BCUT2D eigenvalue weighted by atomic mass is 9.99. The number of carbonyl (C=O) groups excluding carboxylic acids is 2. The normalized spacial score (nSPS) is 20.6. The first-order valence-corrected chi connectivity index (χ1v) is 15.0. The molecule has 1 N–H and O–H groups in total. The summed E-state index contributed by atoms with van der Waals surface area (Å²) in [4.78, 5) is 36.8. The first-order valence-electron chi connectivity index (χ1n) is 15.0. The van der Waals surface area contributed by atoms with E-state index in [9.17, 15) is 9.59 Å². The second kappa shape index (κ2) is 12.9. The smallest absolute Gasteiger partial charge is 0.321 e. The molecule has 3 aliphatic rings. The molecule has 1 unspecified atom stereocenters. The molecular weight excluding hydrogens is 530 g/mol. The Morgan fingerprint density at radius 3 is 2.36 bits per heavy atom. The van der Waals surface area contributed by atoms with E-state index in [0.29, 0.717) is 17.2 Å². The number of nitrogens with one attached hydrogen (secondary N) is 1. The van der Waals surface area contributed by atoms with E-state index in [0.717, 1.165) is 70.6 Å². The number of benzene rings is 2. The molecule has 0 spiro atoms. The molecule has 9 nitrogen and oxygen atoms in total. The third kappa shape index (κ3) is 6.27. The van der Waals surface area contributed by atoms with Crippen molar-refractivity contribution in [2.75, 3.05) is 39.9 Å². The summed E-state index contributed by atoms with van der Waals surface area (Å²) in [6, 6.07) is 22.2. The van der Waals surface area contributed by atoms with Gasteiger partial charge in [0, 0.05) is 76.4 Å². The molecule has 3 aromatic rings. The third-order valence-corrected chi connectivity index (χ3v) is 8.71. The second-order valence-corrected chi connectivity index (χ2v) is 11.3. The predicted octanol–water partition coefficient (Wildman–Crippen LogP) is 4.86. The van der Waals surface area contributed by atoms with Gasteiger partial charge in [0.1, 0.15) is 5.75 Å². The van der Waals surface area contributed by atoms with E-state index in [1.165, 1.54) is 5.56 Å². The minimum Gasteiger partial charge on any atom is -0.439 e. The van der Waals surface area contributed by atoms with Crippen molar-refractivity contribution < 1.29 is 19.1 Å². The van der Waals surface area contributed by atoms with Gasteiger partial charge in [0.25, 0.3) is 5.91 Å². The van der Waals surface area contributed by atoms with Gasteiger partial charge in [0.2, 0.25) is 5.88 Å². The Bertz CT molecular complexity index is 1340. The summed E-state index contributed by atoms with van der Waals surface area (Å²) >= 11 is 0. The third-order valence-electron chi connectivity index (χ3n) is 8.71. The topological polar surface area (TPSA) is 87.2 Å². The Balaban J connectivity index is 1.05. The minimum atomic E-state index is -0.131. The number of hydrogen-bond donors (Lipinski definition) is 1. The summed E-state index contributed by atoms with van der Waals surface area (Å²) in [6.45, 7) is 4.90. The fourth-order valence-electron chi connectivity index (χ4n) is 6.41. The molecule has 6 rings (SSSR count). The summed E-state index contributed by atoms with van der Waals surface area (Å²) in [7, 11) is 1.61. The largest absolute Gasteiger partial charge is 0.439 e. The molecule has 9 heteroatoms. The van der Waals surface area contributed by atoms with Crippen LogP contribution >= 0.6 is 0 Å². The molecular formula is C33H39N5O4. The molecule has 42 heavy (non-hydrogen) atoms. The van der Waals surface area contributed by atoms with Crippen LogP contribution in [0.5, 0.6) is 11.6 Å². The number of amides is 3. The van der Waals surface area contributed by atoms with E-state index in [4.69, 9.17) is 9.47 Å². The highest BCUT2D eigenvalue weighted by atomic mass is 16.5. The molecule has 4 heterocycles. The van der Waals surface area contributed by atoms with E-state index >= 15 is 0 Å². The molecule has 3 fully saturated rings. The molecule has 0 bridgehead atoms. The minimum absolute atomic E-state index is 0.0924. The Hall–Kier alpha value is -3.95. The molecule has 3 saturated heterocycles. The van der Waals surface area contributed by atoms with Crippen LogP contribution in [0.4, 0.5) is 4.79 Å². The number of likely N-dealkylation sites (tertiary alicyclic amines) is 1. The Morgan fingerprint density at radius 1 is 0.952 bits per heavy atom. The zero-order chi connectivity index (χ0) is 28.9. The SMILES string of the molecule is CNC(=O)c1ccc(Oc2ccc(CN3CCC(N4C(=O)N(C5CCOCC5)CC4c4ccccc4)CC3)cn2)cc1. The Kier molecular flexibility index (Phi) is 8.67. The van der Waals surface area contributed by atoms with E-state index in [1.807, 2.05) is 18.3 Å². The first-order chi connectivity index (χ1) is 20.6. The van der Waals surface area contributed by atoms with Crippen molar-refractivity contribution in [2.45, 2.75) is 50.4 Å². The molecule has 0 saturated carbocycles. The maximum atomic E-state index is 13.8. The van der Waals surface area contributed by atoms with Crippen molar-refractivity contribution in [3.8, 4) is 11.6 Å². The van der Waals surface area contributed by atoms with Crippen molar-refractivity contribution in [1.82, 2.24) is 25.0 Å². The fourth-order valence-corrected chi connectivity index (χ4v) is 6.41. The molecule has 0 aliphatic carbocycles. The van der Waals surface area contributed by atoms with E-state index in [-0.39, 0.29) is 30.1 Å². The quantitative estimate of drug-likeness (QED) is 0.417. The van der Waals surface area contributed by atoms with Crippen molar-refractivity contribution in [2.24, 2.45) is 0 Å². The number of hydrogen-bond acceptors (Lipinski definition) is 6. The van der Waals surface area contributed by atoms with Crippen molar-refractivity contribution in [3.05, 3.63) is 89.6 Å². The molecule has 2 aromatic carbocycles. The van der Waals surface area contributed by atoms with Gasteiger partial charge >= 0.3 is 6.03 Å². The van der Waals surface area contributed by atoms with Gasteiger partial charge in [-0.25, -0.2) is 9.78 Å². The number of nitrogens with zero attached hydrogens (tertiary/aromatic N) is 4. The molecule has 1 aromatic heterocycles. The molecule has 3 amide bonds. The molecule has 220 valence electrons. The van der Waals surface area contributed by atoms with Crippen LogP contribution in [0.25, 0.3) is 0 Å². The summed E-state index contributed by atoms with van der Waals surface area (Å²) in [6.07, 6.45) is 5.61. The highest BCUT2D eigenvalue weighted by Gasteiger charge is 2.45. The molecule has 0 radical (unpaired) electrons. The second-order valence-electron chi connectivity index (χ2n) is 11.3. The lowest BCUT2D eigenvalue weighted by Crippen LogP contribution is -2.48. The number of carbonyl (C=O) groups is 2. The van der Waals surface area contributed by atoms with Crippen LogP contribution in [0.1, 0.15) is 53.2 Å². The van der Waals surface area contributed by atoms with Gasteiger partial charge in [-0.3, -0.25) is 9.69 Å². The zero-order valence-corrected chi connectivity index (χ0v) is 24.2. The van der Waals surface area contributed by atoms with Gasteiger partial charge in [-0.1, -0.05) is 36.4 Å². The maximum absolute atomic E-state index is 13.8. The van der Waals surface area contributed by atoms with Crippen molar-refractivity contribution >= 4 is 11.9 Å². The average molecular weight is 570 g/mol. The number of pyridine rings is 1. The van der Waals surface area contributed by atoms with E-state index < -0.39 is 0 Å². The molecule has 1 atom stereocenters. The van der Waals surface area contributed by atoms with Crippen LogP contribution < -0.4 is 10.1 Å². The molecule has 3 aliphatic heterocycles. The number of ether oxygens (including phenoxy) is 2. The van der Waals surface area contributed by atoms with Gasteiger partial charge in [0.05, 0.1) is 6.04 Å². The van der Waals surface area contributed by atoms with Crippen molar-refractivity contribution in [1.29, 1.82) is 0 Å². The highest BCUT2D eigenvalue weighted by molar-refractivity contribution is 5.94. The van der Waals surface area contributed by atoms with Crippen LogP contribution in [-0.2, 0) is 11.3 Å². The summed E-state index contributed by atoms with van der Waals surface area (Å²) < 4.78 is 11.4. The predicted molar refractivity (Wildman–Crippen MR) is 159 cm³/mol. The summed E-state index contributed by atoms with van der Waals surface area (Å²) in [5.74, 6) is 1.01. The van der Waals surface area contributed by atoms with Crippen LogP contribution in [0.15, 0.2) is 72.9 Å². The standard InChI is InChI=1S/C33H39N5O4/c1-34-32(39)26-8-10-29(11-9-26)42-31-12-7-24(21-35-31)22-36-17-13-28(14-18-36)38-30(25-5-3-2-4-6-25)23-37(33(38)40)27-15-19-41-20-16-27/h2-12,21,27-28,30H,13-20,22-23H2,1H3,(H,34,39). The summed E-state index contributed by atoms with van der Waals surface area (Å²) in [5.41, 5.74) is 2.93. The van der Waals surface area contributed by atoms with Crippen LogP contribution in [0, 0.1) is 0 Å². The Labute approximate surface area is 247 Å². The lowest BCUT2D eigenvalue weighted by Gasteiger charge is -2.39. The Morgan fingerprint density at radius 2 is 1.69 bits per heavy atom. The summed E-state index contributed by atoms with van der Waals surface area (Å²) in [5, 5.41) is 2.61. The first kappa shape index (κ1) is 28.2. The van der Waals surface area contributed by atoms with Gasteiger partial charge in [-0.15, -0.1) is 0 Å².